The molecule has 3 aromatic rings. The predicted octanol–water partition coefficient (Wildman–Crippen LogP) is 2.81. The van der Waals surface area contributed by atoms with Crippen LogP contribution in [0.15, 0.2) is 40.5 Å². The molecule has 1 atom stereocenters. The first-order chi connectivity index (χ1) is 12.5. The fraction of sp³-hybridized carbons (Fsp3) is 0.278. The largest absolute Gasteiger partial charge is 0.453 e. The number of esters is 1. The van der Waals surface area contributed by atoms with Gasteiger partial charge >= 0.3 is 11.7 Å². The molecule has 2 aromatic heterocycles. The number of aromatic nitrogens is 2. The highest BCUT2D eigenvalue weighted by Crippen LogP contribution is 2.15. The summed E-state index contributed by atoms with van der Waals surface area (Å²) in [7, 11) is 0. The molecule has 0 unspecified atom stereocenters. The third-order valence-electron chi connectivity index (χ3n) is 3.85. The summed E-state index contributed by atoms with van der Waals surface area (Å²) in [6.45, 7) is 1.53. The molecule has 1 aromatic carbocycles. The van der Waals surface area contributed by atoms with Gasteiger partial charge in [-0.1, -0.05) is 6.07 Å². The minimum Gasteiger partial charge on any atom is -0.453 e. The number of imidazole rings is 1. The molecule has 3 N–H and O–H groups in total. The zero-order chi connectivity index (χ0) is 18.5. The van der Waals surface area contributed by atoms with E-state index in [1.165, 1.54) is 11.8 Å². The van der Waals surface area contributed by atoms with Gasteiger partial charge in [0.1, 0.15) is 0 Å². The Morgan fingerprint density at radius 3 is 2.81 bits per heavy atom. The zero-order valence-electron chi connectivity index (χ0n) is 14.2. The van der Waals surface area contributed by atoms with Gasteiger partial charge in [0.15, 0.2) is 6.10 Å². The second-order valence-electron chi connectivity index (χ2n) is 5.89. The van der Waals surface area contributed by atoms with Gasteiger partial charge in [0, 0.05) is 17.0 Å². The molecule has 0 fully saturated rings. The first kappa shape index (κ1) is 17.9. The number of ether oxygens (including phenoxy) is 1. The average Bonchev–Trinajstić information content (AvgIpc) is 3.22. The summed E-state index contributed by atoms with van der Waals surface area (Å²) in [5.41, 5.74) is 1.44. The third kappa shape index (κ3) is 4.60. The maximum Gasteiger partial charge on any atom is 0.323 e. The van der Waals surface area contributed by atoms with E-state index in [4.69, 9.17) is 4.74 Å². The molecule has 3 rings (SSSR count). The van der Waals surface area contributed by atoms with Crippen LogP contribution in [0.25, 0.3) is 11.0 Å². The van der Waals surface area contributed by atoms with Crippen LogP contribution in [-0.2, 0) is 20.7 Å². The van der Waals surface area contributed by atoms with Crippen molar-refractivity contribution in [3.63, 3.8) is 0 Å². The number of nitrogens with one attached hydrogen (secondary N) is 3. The Morgan fingerprint density at radius 2 is 2.04 bits per heavy atom. The molecule has 0 bridgehead atoms. The Kier molecular flexibility index (Phi) is 5.52. The molecule has 0 aliphatic heterocycles. The molecule has 0 spiro atoms. The van der Waals surface area contributed by atoms with E-state index in [0.717, 1.165) is 6.42 Å². The summed E-state index contributed by atoms with van der Waals surface area (Å²) in [4.78, 5) is 41.8. The van der Waals surface area contributed by atoms with Gasteiger partial charge in [0.25, 0.3) is 5.91 Å². The van der Waals surface area contributed by atoms with Crippen LogP contribution in [0.3, 0.4) is 0 Å². The monoisotopic (exact) mass is 373 g/mol. The van der Waals surface area contributed by atoms with E-state index < -0.39 is 18.0 Å². The lowest BCUT2D eigenvalue weighted by Gasteiger charge is -2.13. The number of anilines is 1. The lowest BCUT2D eigenvalue weighted by Crippen LogP contribution is -2.29. The molecule has 7 nitrogen and oxygen atoms in total. The van der Waals surface area contributed by atoms with Crippen LogP contribution in [0, 0.1) is 0 Å². The number of benzene rings is 1. The Labute approximate surface area is 153 Å². The van der Waals surface area contributed by atoms with Gasteiger partial charge in [0.05, 0.1) is 11.0 Å². The van der Waals surface area contributed by atoms with Gasteiger partial charge in [-0.15, -0.1) is 11.3 Å². The van der Waals surface area contributed by atoms with E-state index >= 15 is 0 Å². The molecule has 1 amide bonds. The molecular formula is C18H19N3O4S. The van der Waals surface area contributed by atoms with E-state index in [-0.39, 0.29) is 12.1 Å². The van der Waals surface area contributed by atoms with Crippen molar-refractivity contribution in [3.05, 3.63) is 51.1 Å². The molecular weight excluding hydrogens is 354 g/mol. The number of hydrogen-bond acceptors (Lipinski definition) is 5. The number of amides is 1. The number of hydrogen-bond donors (Lipinski definition) is 3. The van der Waals surface area contributed by atoms with Crippen LogP contribution < -0.4 is 11.0 Å². The van der Waals surface area contributed by atoms with E-state index in [1.54, 1.807) is 29.5 Å². The standard InChI is InChI=1S/C18H19N3O4S/c1-11(25-16(22)6-2-4-13-5-3-9-26-13)17(23)19-12-7-8-14-15(10-12)21-18(24)20-14/h3,5,7-11H,2,4,6H2,1H3,(H,19,23)(H2,20,21,24)/t11-/m0/s1. The summed E-state index contributed by atoms with van der Waals surface area (Å²) in [6.07, 6.45) is 0.879. The number of carbonyl (C=O) groups is 2. The first-order valence-corrected chi connectivity index (χ1v) is 9.14. The number of aryl methyl sites for hydroxylation is 1. The van der Waals surface area contributed by atoms with Crippen LogP contribution >= 0.6 is 11.3 Å². The second kappa shape index (κ2) is 8.01. The van der Waals surface area contributed by atoms with Gasteiger partial charge in [-0.3, -0.25) is 9.59 Å². The van der Waals surface area contributed by atoms with Gasteiger partial charge < -0.3 is 20.0 Å². The van der Waals surface area contributed by atoms with Crippen molar-refractivity contribution in [3.8, 4) is 0 Å². The Morgan fingerprint density at radius 1 is 1.23 bits per heavy atom. The zero-order valence-corrected chi connectivity index (χ0v) is 15.0. The molecule has 136 valence electrons. The molecule has 0 radical (unpaired) electrons. The molecule has 8 heteroatoms. The number of H-pyrrole nitrogens is 2. The number of thiophene rings is 1. The van der Waals surface area contributed by atoms with Crippen molar-refractivity contribution in [2.75, 3.05) is 5.32 Å². The molecule has 0 saturated carbocycles. The summed E-state index contributed by atoms with van der Waals surface area (Å²) < 4.78 is 5.18. The number of rotatable bonds is 7. The van der Waals surface area contributed by atoms with Crippen LogP contribution in [0.1, 0.15) is 24.6 Å². The quantitative estimate of drug-likeness (QED) is 0.554. The molecule has 2 heterocycles. The Hall–Kier alpha value is -2.87. The van der Waals surface area contributed by atoms with Crippen molar-refractivity contribution in [2.24, 2.45) is 0 Å². The summed E-state index contributed by atoms with van der Waals surface area (Å²) in [5, 5.41) is 4.68. The van der Waals surface area contributed by atoms with E-state index in [1.807, 2.05) is 17.5 Å². The van der Waals surface area contributed by atoms with Crippen molar-refractivity contribution in [1.82, 2.24) is 9.97 Å². The summed E-state index contributed by atoms with van der Waals surface area (Å²) in [6, 6.07) is 9.00. The minimum atomic E-state index is -0.898. The van der Waals surface area contributed by atoms with Crippen molar-refractivity contribution in [2.45, 2.75) is 32.3 Å². The molecule has 0 aliphatic carbocycles. The lowest BCUT2D eigenvalue weighted by atomic mass is 10.2. The van der Waals surface area contributed by atoms with Gasteiger partial charge in [-0.25, -0.2) is 4.79 Å². The maximum absolute atomic E-state index is 12.2. The maximum atomic E-state index is 12.2. The van der Waals surface area contributed by atoms with Crippen LogP contribution in [0.2, 0.25) is 0 Å². The molecule has 0 aliphatic rings. The smallest absolute Gasteiger partial charge is 0.323 e. The predicted molar refractivity (Wildman–Crippen MR) is 100 cm³/mol. The summed E-state index contributed by atoms with van der Waals surface area (Å²) in [5.74, 6) is -0.816. The van der Waals surface area contributed by atoms with Gasteiger partial charge in [-0.2, -0.15) is 0 Å². The first-order valence-electron chi connectivity index (χ1n) is 8.26. The fourth-order valence-corrected chi connectivity index (χ4v) is 3.28. The van der Waals surface area contributed by atoms with Gasteiger partial charge in [0.2, 0.25) is 0 Å². The molecule has 0 saturated heterocycles. The fourth-order valence-electron chi connectivity index (χ4n) is 2.53. The minimum absolute atomic E-state index is 0.270. The highest BCUT2D eigenvalue weighted by Gasteiger charge is 2.18. The van der Waals surface area contributed by atoms with Crippen molar-refractivity contribution < 1.29 is 14.3 Å². The number of aromatic amines is 2. The van der Waals surface area contributed by atoms with Crippen molar-refractivity contribution in [1.29, 1.82) is 0 Å². The Balaban J connectivity index is 1.48. The van der Waals surface area contributed by atoms with Crippen LogP contribution in [0.5, 0.6) is 0 Å². The molecule has 26 heavy (non-hydrogen) atoms. The topological polar surface area (TPSA) is 104 Å². The second-order valence-corrected chi connectivity index (χ2v) is 6.93. The van der Waals surface area contributed by atoms with Crippen molar-refractivity contribution >= 4 is 39.9 Å². The highest BCUT2D eigenvalue weighted by atomic mass is 32.1. The van der Waals surface area contributed by atoms with E-state index in [2.05, 4.69) is 15.3 Å². The lowest BCUT2D eigenvalue weighted by molar-refractivity contribution is -0.153. The Bertz CT molecular complexity index is 958. The number of fused-ring (bicyclic) bond motifs is 1. The number of carbonyl (C=O) groups excluding carboxylic acids is 2. The van der Waals surface area contributed by atoms with Crippen LogP contribution in [-0.4, -0.2) is 27.9 Å². The highest BCUT2D eigenvalue weighted by molar-refractivity contribution is 7.09. The van der Waals surface area contributed by atoms with Crippen LogP contribution in [0.4, 0.5) is 5.69 Å². The SMILES string of the molecule is C[C@H](OC(=O)CCCc1cccs1)C(=O)Nc1ccc2[nH]c(=O)[nH]c2c1. The van der Waals surface area contributed by atoms with Gasteiger partial charge in [-0.05, 0) is 49.4 Å². The van der Waals surface area contributed by atoms with E-state index in [9.17, 15) is 14.4 Å². The average molecular weight is 373 g/mol. The normalized spacial score (nSPS) is 12.0. The summed E-state index contributed by atoms with van der Waals surface area (Å²) >= 11 is 1.66. The third-order valence-corrected chi connectivity index (χ3v) is 4.78. The van der Waals surface area contributed by atoms with E-state index in [0.29, 0.717) is 23.1 Å².